The van der Waals surface area contributed by atoms with Gasteiger partial charge in [0.2, 0.25) is 0 Å². The first-order valence-corrected chi connectivity index (χ1v) is 9.37. The first-order valence-electron chi connectivity index (χ1n) is 9.37. The summed E-state index contributed by atoms with van der Waals surface area (Å²) in [5, 5.41) is 5.18. The first kappa shape index (κ1) is 18.2. The topological polar surface area (TPSA) is 26.3 Å². The van der Waals surface area contributed by atoms with Crippen LogP contribution in [0.1, 0.15) is 37.8 Å². The number of hydrogen-bond acceptors (Lipinski definition) is 2. The standard InChI is InChI=1S/C24H26O2/c1-4-5-10-18-19-11-6-8-13-21(19)23(15-16-26-24(25)17(2)3)22-14-9-7-12-20(18)22/h6-9,11-14H,2,4-5,10,15-16H2,1,3H3. The second-order valence-electron chi connectivity index (χ2n) is 6.82. The van der Waals surface area contributed by atoms with E-state index in [2.05, 4.69) is 62.0 Å². The van der Waals surface area contributed by atoms with Gasteiger partial charge in [-0.15, -0.1) is 0 Å². The summed E-state index contributed by atoms with van der Waals surface area (Å²) in [6.45, 7) is 7.92. The average Bonchev–Trinajstić information content (AvgIpc) is 2.66. The van der Waals surface area contributed by atoms with Crippen LogP contribution in [0.4, 0.5) is 0 Å². The van der Waals surface area contributed by atoms with Crippen molar-refractivity contribution in [3.8, 4) is 0 Å². The third-order valence-electron chi connectivity index (χ3n) is 4.87. The van der Waals surface area contributed by atoms with Gasteiger partial charge in [0.15, 0.2) is 0 Å². The van der Waals surface area contributed by atoms with E-state index in [4.69, 9.17) is 4.74 Å². The Morgan fingerprint density at radius 2 is 1.35 bits per heavy atom. The fraction of sp³-hybridized carbons (Fsp3) is 0.292. The Bertz CT molecular complexity index is 896. The van der Waals surface area contributed by atoms with Gasteiger partial charge in [-0.1, -0.05) is 68.5 Å². The number of fused-ring (bicyclic) bond motifs is 2. The Kier molecular flexibility index (Phi) is 5.72. The van der Waals surface area contributed by atoms with Gasteiger partial charge in [-0.3, -0.25) is 0 Å². The van der Waals surface area contributed by atoms with E-state index in [1.165, 1.54) is 45.5 Å². The van der Waals surface area contributed by atoms with Crippen LogP contribution >= 0.6 is 0 Å². The summed E-state index contributed by atoms with van der Waals surface area (Å²) in [5.74, 6) is -0.321. The molecule has 0 fully saturated rings. The largest absolute Gasteiger partial charge is 0.462 e. The van der Waals surface area contributed by atoms with Crippen molar-refractivity contribution in [1.82, 2.24) is 0 Å². The van der Waals surface area contributed by atoms with Crippen LogP contribution in [0.3, 0.4) is 0 Å². The summed E-state index contributed by atoms with van der Waals surface area (Å²) < 4.78 is 5.36. The maximum absolute atomic E-state index is 11.7. The summed E-state index contributed by atoms with van der Waals surface area (Å²) in [4.78, 5) is 11.7. The normalized spacial score (nSPS) is 11.0. The van der Waals surface area contributed by atoms with Crippen LogP contribution in [0.2, 0.25) is 0 Å². The van der Waals surface area contributed by atoms with E-state index in [-0.39, 0.29) is 5.97 Å². The highest BCUT2D eigenvalue weighted by Gasteiger charge is 2.14. The molecule has 2 nitrogen and oxygen atoms in total. The second kappa shape index (κ2) is 8.18. The van der Waals surface area contributed by atoms with Crippen LogP contribution in [-0.4, -0.2) is 12.6 Å². The van der Waals surface area contributed by atoms with E-state index < -0.39 is 0 Å². The van der Waals surface area contributed by atoms with E-state index in [0.717, 1.165) is 6.42 Å². The zero-order valence-corrected chi connectivity index (χ0v) is 15.7. The van der Waals surface area contributed by atoms with E-state index in [0.29, 0.717) is 18.6 Å². The van der Waals surface area contributed by atoms with E-state index >= 15 is 0 Å². The van der Waals surface area contributed by atoms with Crippen LogP contribution in [0, 0.1) is 0 Å². The van der Waals surface area contributed by atoms with Crippen molar-refractivity contribution in [2.45, 2.75) is 39.5 Å². The molecular weight excluding hydrogens is 320 g/mol. The fourth-order valence-electron chi connectivity index (χ4n) is 3.57. The first-order chi connectivity index (χ1) is 12.6. The monoisotopic (exact) mass is 346 g/mol. The molecule has 0 bridgehead atoms. The van der Waals surface area contributed by atoms with Crippen molar-refractivity contribution >= 4 is 27.5 Å². The lowest BCUT2D eigenvalue weighted by molar-refractivity contribution is -0.138. The molecule has 0 amide bonds. The van der Waals surface area contributed by atoms with Gasteiger partial charge in [0, 0.05) is 12.0 Å². The molecule has 3 aromatic carbocycles. The Morgan fingerprint density at radius 3 is 1.77 bits per heavy atom. The molecule has 0 atom stereocenters. The quantitative estimate of drug-likeness (QED) is 0.298. The molecule has 0 unspecified atom stereocenters. The van der Waals surface area contributed by atoms with E-state index in [1.807, 2.05) is 0 Å². The van der Waals surface area contributed by atoms with Crippen molar-refractivity contribution in [1.29, 1.82) is 0 Å². The fourth-order valence-corrected chi connectivity index (χ4v) is 3.57. The van der Waals surface area contributed by atoms with Gasteiger partial charge in [0.05, 0.1) is 6.61 Å². The molecule has 0 saturated heterocycles. The lowest BCUT2D eigenvalue weighted by Gasteiger charge is -2.17. The predicted octanol–water partition coefficient (Wildman–Crippen LogP) is 6.00. The number of esters is 1. The minimum absolute atomic E-state index is 0.321. The van der Waals surface area contributed by atoms with Gasteiger partial charge < -0.3 is 4.74 Å². The van der Waals surface area contributed by atoms with Crippen LogP contribution in [0.25, 0.3) is 21.5 Å². The molecule has 2 heteroatoms. The molecule has 0 spiro atoms. The molecule has 0 aliphatic carbocycles. The lowest BCUT2D eigenvalue weighted by Crippen LogP contribution is -2.08. The van der Waals surface area contributed by atoms with E-state index in [1.54, 1.807) is 6.92 Å². The zero-order chi connectivity index (χ0) is 18.5. The molecule has 134 valence electrons. The molecule has 3 aromatic rings. The van der Waals surface area contributed by atoms with Crippen LogP contribution in [0.5, 0.6) is 0 Å². The summed E-state index contributed by atoms with van der Waals surface area (Å²) in [7, 11) is 0. The third-order valence-corrected chi connectivity index (χ3v) is 4.87. The zero-order valence-electron chi connectivity index (χ0n) is 15.7. The molecule has 0 aromatic heterocycles. The number of carbonyl (C=O) groups is 1. The van der Waals surface area contributed by atoms with Gasteiger partial charge in [-0.25, -0.2) is 4.79 Å². The maximum Gasteiger partial charge on any atom is 0.333 e. The minimum Gasteiger partial charge on any atom is -0.462 e. The van der Waals surface area contributed by atoms with Gasteiger partial charge in [-0.05, 0) is 52.4 Å². The Hall–Kier alpha value is -2.61. The molecule has 0 N–H and O–H groups in total. The van der Waals surface area contributed by atoms with Crippen molar-refractivity contribution in [2.75, 3.05) is 6.61 Å². The lowest BCUT2D eigenvalue weighted by atomic mass is 9.88. The van der Waals surface area contributed by atoms with Crippen molar-refractivity contribution in [3.63, 3.8) is 0 Å². The third kappa shape index (κ3) is 3.65. The van der Waals surface area contributed by atoms with Crippen LogP contribution in [0.15, 0.2) is 60.7 Å². The summed E-state index contributed by atoms with van der Waals surface area (Å²) in [6, 6.07) is 17.2. The summed E-state index contributed by atoms with van der Waals surface area (Å²) in [6.07, 6.45) is 4.15. The molecule has 26 heavy (non-hydrogen) atoms. The van der Waals surface area contributed by atoms with Crippen molar-refractivity contribution in [3.05, 3.63) is 71.8 Å². The smallest absolute Gasteiger partial charge is 0.333 e. The Labute approximate surface area is 155 Å². The van der Waals surface area contributed by atoms with E-state index in [9.17, 15) is 4.79 Å². The van der Waals surface area contributed by atoms with Crippen LogP contribution in [-0.2, 0) is 22.4 Å². The SMILES string of the molecule is C=C(C)C(=O)OCCc1c2ccccc2c(CCCC)c2ccccc12. The van der Waals surface area contributed by atoms with Gasteiger partial charge in [0.25, 0.3) is 0 Å². The summed E-state index contributed by atoms with van der Waals surface area (Å²) in [5.41, 5.74) is 3.13. The molecular formula is C24H26O2. The highest BCUT2D eigenvalue weighted by molar-refractivity contribution is 6.05. The molecule has 3 rings (SSSR count). The number of aryl methyl sites for hydroxylation is 1. The predicted molar refractivity (Wildman–Crippen MR) is 110 cm³/mol. The molecule has 0 heterocycles. The highest BCUT2D eigenvalue weighted by Crippen LogP contribution is 2.34. The Morgan fingerprint density at radius 1 is 0.885 bits per heavy atom. The van der Waals surface area contributed by atoms with Gasteiger partial charge in [0.1, 0.15) is 0 Å². The number of carbonyl (C=O) groups excluding carboxylic acids is 1. The highest BCUT2D eigenvalue weighted by atomic mass is 16.5. The van der Waals surface area contributed by atoms with Crippen LogP contribution < -0.4 is 0 Å². The van der Waals surface area contributed by atoms with Gasteiger partial charge in [-0.2, -0.15) is 0 Å². The molecule has 0 radical (unpaired) electrons. The number of ether oxygens (including phenoxy) is 1. The second-order valence-corrected chi connectivity index (χ2v) is 6.82. The number of hydrogen-bond donors (Lipinski definition) is 0. The minimum atomic E-state index is -0.321. The summed E-state index contributed by atoms with van der Waals surface area (Å²) >= 11 is 0. The Balaban J connectivity index is 2.09. The van der Waals surface area contributed by atoms with Crippen molar-refractivity contribution in [2.24, 2.45) is 0 Å². The maximum atomic E-state index is 11.7. The average molecular weight is 346 g/mol. The molecule has 0 saturated carbocycles. The molecule has 0 aliphatic rings. The van der Waals surface area contributed by atoms with Gasteiger partial charge >= 0.3 is 5.97 Å². The number of unbranched alkanes of at least 4 members (excludes halogenated alkanes) is 1. The van der Waals surface area contributed by atoms with Crippen molar-refractivity contribution < 1.29 is 9.53 Å². The number of rotatable bonds is 7. The molecule has 0 aliphatic heterocycles. The number of benzene rings is 3.